The van der Waals surface area contributed by atoms with Gasteiger partial charge in [0.15, 0.2) is 0 Å². The van der Waals surface area contributed by atoms with Crippen molar-refractivity contribution < 1.29 is 14.3 Å². The molecule has 1 aliphatic heterocycles. The number of rotatable bonds is 3. The Morgan fingerprint density at radius 2 is 2.07 bits per heavy atom. The van der Waals surface area contributed by atoms with E-state index in [2.05, 4.69) is 0 Å². The SMILES string of the molecule is NC(=O)C1=COC(Cc2ccccc2)O1. The first-order valence-electron chi connectivity index (χ1n) is 4.62. The molecule has 2 rings (SSSR count). The summed E-state index contributed by atoms with van der Waals surface area (Å²) in [5, 5.41) is 0. The van der Waals surface area contributed by atoms with Crippen molar-refractivity contribution in [2.24, 2.45) is 5.73 Å². The average Bonchev–Trinajstić information content (AvgIpc) is 2.68. The number of carbonyl (C=O) groups is 1. The van der Waals surface area contributed by atoms with Crippen molar-refractivity contribution in [1.82, 2.24) is 0 Å². The zero-order valence-corrected chi connectivity index (χ0v) is 8.05. The number of ether oxygens (including phenoxy) is 2. The van der Waals surface area contributed by atoms with Crippen molar-refractivity contribution >= 4 is 5.91 Å². The summed E-state index contributed by atoms with van der Waals surface area (Å²) in [6.45, 7) is 0. The Balaban J connectivity index is 1.93. The molecule has 0 bridgehead atoms. The molecule has 78 valence electrons. The molecule has 1 amide bonds. The Morgan fingerprint density at radius 1 is 1.33 bits per heavy atom. The topological polar surface area (TPSA) is 61.6 Å². The van der Waals surface area contributed by atoms with Crippen molar-refractivity contribution in [3.63, 3.8) is 0 Å². The molecule has 1 aromatic rings. The smallest absolute Gasteiger partial charge is 0.287 e. The number of benzene rings is 1. The Bertz CT molecular complexity index is 386. The molecule has 1 atom stereocenters. The molecule has 0 aliphatic carbocycles. The fourth-order valence-corrected chi connectivity index (χ4v) is 1.35. The molecule has 4 heteroatoms. The fraction of sp³-hybridized carbons (Fsp3) is 0.182. The molecule has 1 aromatic carbocycles. The predicted octanol–water partition coefficient (Wildman–Crippen LogP) is 0.929. The number of amides is 1. The zero-order chi connectivity index (χ0) is 10.7. The van der Waals surface area contributed by atoms with Crippen LogP contribution in [0.15, 0.2) is 42.4 Å². The largest absolute Gasteiger partial charge is 0.458 e. The third-order valence-electron chi connectivity index (χ3n) is 2.07. The third kappa shape index (κ3) is 2.28. The summed E-state index contributed by atoms with van der Waals surface area (Å²) in [6.07, 6.45) is 1.40. The molecule has 0 spiro atoms. The number of primary amides is 1. The van der Waals surface area contributed by atoms with Gasteiger partial charge in [-0.25, -0.2) is 0 Å². The molecule has 1 heterocycles. The van der Waals surface area contributed by atoms with Gasteiger partial charge >= 0.3 is 0 Å². The van der Waals surface area contributed by atoms with Gasteiger partial charge in [0.05, 0.1) is 0 Å². The monoisotopic (exact) mass is 205 g/mol. The molecule has 1 aliphatic rings. The molecule has 15 heavy (non-hydrogen) atoms. The van der Waals surface area contributed by atoms with E-state index in [1.54, 1.807) is 0 Å². The highest BCUT2D eigenvalue weighted by Gasteiger charge is 2.22. The molecule has 1 unspecified atom stereocenters. The number of carbonyl (C=O) groups excluding carboxylic acids is 1. The number of hydrogen-bond acceptors (Lipinski definition) is 3. The van der Waals surface area contributed by atoms with Gasteiger partial charge in [-0.3, -0.25) is 4.79 Å². The van der Waals surface area contributed by atoms with Gasteiger partial charge < -0.3 is 15.2 Å². The van der Waals surface area contributed by atoms with E-state index >= 15 is 0 Å². The van der Waals surface area contributed by atoms with Gasteiger partial charge in [0.2, 0.25) is 12.0 Å². The van der Waals surface area contributed by atoms with Gasteiger partial charge in [0, 0.05) is 6.42 Å². The van der Waals surface area contributed by atoms with Gasteiger partial charge in [-0.2, -0.15) is 0 Å². The molecule has 4 nitrogen and oxygen atoms in total. The summed E-state index contributed by atoms with van der Waals surface area (Å²) in [7, 11) is 0. The van der Waals surface area contributed by atoms with E-state index in [0.29, 0.717) is 6.42 Å². The molecule has 2 N–H and O–H groups in total. The Hall–Kier alpha value is -1.97. The van der Waals surface area contributed by atoms with E-state index in [-0.39, 0.29) is 5.76 Å². The van der Waals surface area contributed by atoms with Crippen LogP contribution in [-0.4, -0.2) is 12.2 Å². The molecule has 0 aromatic heterocycles. The third-order valence-corrected chi connectivity index (χ3v) is 2.07. The maximum Gasteiger partial charge on any atom is 0.287 e. The van der Waals surface area contributed by atoms with Crippen molar-refractivity contribution in [2.45, 2.75) is 12.7 Å². The Kier molecular flexibility index (Phi) is 2.58. The van der Waals surface area contributed by atoms with Crippen LogP contribution in [0.25, 0.3) is 0 Å². The predicted molar refractivity (Wildman–Crippen MR) is 53.4 cm³/mol. The highest BCUT2D eigenvalue weighted by Crippen LogP contribution is 2.17. The summed E-state index contributed by atoms with van der Waals surface area (Å²) >= 11 is 0. The van der Waals surface area contributed by atoms with Crippen LogP contribution in [-0.2, 0) is 20.7 Å². The fourth-order valence-electron chi connectivity index (χ4n) is 1.35. The average molecular weight is 205 g/mol. The lowest BCUT2D eigenvalue weighted by Gasteiger charge is -2.10. The van der Waals surface area contributed by atoms with Crippen LogP contribution in [0.1, 0.15) is 5.56 Å². The zero-order valence-electron chi connectivity index (χ0n) is 8.05. The van der Waals surface area contributed by atoms with Gasteiger partial charge in [0.1, 0.15) is 6.26 Å². The standard InChI is InChI=1S/C11H11NO3/c12-11(13)9-7-14-10(15-9)6-8-4-2-1-3-5-8/h1-5,7,10H,6H2,(H2,12,13). The molecular weight excluding hydrogens is 194 g/mol. The van der Waals surface area contributed by atoms with Crippen LogP contribution in [0.4, 0.5) is 0 Å². The summed E-state index contributed by atoms with van der Waals surface area (Å²) in [6, 6.07) is 9.75. The minimum absolute atomic E-state index is 0.0796. The molecule has 0 fully saturated rings. The van der Waals surface area contributed by atoms with Crippen LogP contribution in [0.3, 0.4) is 0 Å². The number of nitrogens with two attached hydrogens (primary N) is 1. The summed E-state index contributed by atoms with van der Waals surface area (Å²) < 4.78 is 10.3. The molecule has 0 saturated carbocycles. The van der Waals surface area contributed by atoms with E-state index < -0.39 is 12.2 Å². The van der Waals surface area contributed by atoms with Crippen LogP contribution in [0, 0.1) is 0 Å². The van der Waals surface area contributed by atoms with Crippen LogP contribution in [0.5, 0.6) is 0 Å². The van der Waals surface area contributed by atoms with Crippen molar-refractivity contribution in [2.75, 3.05) is 0 Å². The second kappa shape index (κ2) is 4.04. The Labute approximate surface area is 87.3 Å². The van der Waals surface area contributed by atoms with Gasteiger partial charge in [-0.05, 0) is 5.56 Å². The normalized spacial score (nSPS) is 18.9. The first-order valence-corrected chi connectivity index (χ1v) is 4.62. The first kappa shape index (κ1) is 9.58. The maximum atomic E-state index is 10.7. The lowest BCUT2D eigenvalue weighted by atomic mass is 10.1. The van der Waals surface area contributed by atoms with E-state index in [1.807, 2.05) is 30.3 Å². The van der Waals surface area contributed by atoms with Crippen molar-refractivity contribution in [3.8, 4) is 0 Å². The molecule has 0 saturated heterocycles. The lowest BCUT2D eigenvalue weighted by molar-refractivity contribution is -0.120. The second-order valence-electron chi connectivity index (χ2n) is 3.22. The summed E-state index contributed by atoms with van der Waals surface area (Å²) in [5.41, 5.74) is 6.13. The molecule has 0 radical (unpaired) electrons. The van der Waals surface area contributed by atoms with Crippen molar-refractivity contribution in [3.05, 3.63) is 47.9 Å². The minimum Gasteiger partial charge on any atom is -0.458 e. The Morgan fingerprint density at radius 3 is 2.67 bits per heavy atom. The lowest BCUT2D eigenvalue weighted by Crippen LogP contribution is -2.18. The summed E-state index contributed by atoms with van der Waals surface area (Å²) in [5.74, 6) is -0.526. The summed E-state index contributed by atoms with van der Waals surface area (Å²) in [4.78, 5) is 10.7. The highest BCUT2D eigenvalue weighted by atomic mass is 16.7. The van der Waals surface area contributed by atoms with E-state index in [0.717, 1.165) is 5.56 Å². The van der Waals surface area contributed by atoms with Crippen molar-refractivity contribution in [1.29, 1.82) is 0 Å². The quantitative estimate of drug-likeness (QED) is 0.798. The number of hydrogen-bond donors (Lipinski definition) is 1. The first-order chi connectivity index (χ1) is 7.25. The van der Waals surface area contributed by atoms with Crippen LogP contribution >= 0.6 is 0 Å². The van der Waals surface area contributed by atoms with Crippen LogP contribution < -0.4 is 5.73 Å². The van der Waals surface area contributed by atoms with E-state index in [9.17, 15) is 4.79 Å². The second-order valence-corrected chi connectivity index (χ2v) is 3.22. The van der Waals surface area contributed by atoms with Crippen LogP contribution in [0.2, 0.25) is 0 Å². The van der Waals surface area contributed by atoms with E-state index in [1.165, 1.54) is 6.26 Å². The maximum absolute atomic E-state index is 10.7. The van der Waals surface area contributed by atoms with Gasteiger partial charge in [0.25, 0.3) is 5.91 Å². The highest BCUT2D eigenvalue weighted by molar-refractivity contribution is 5.89. The molecular formula is C11H11NO3. The van der Waals surface area contributed by atoms with E-state index in [4.69, 9.17) is 15.2 Å². The minimum atomic E-state index is -0.606. The van der Waals surface area contributed by atoms with Gasteiger partial charge in [-0.15, -0.1) is 0 Å². The van der Waals surface area contributed by atoms with Gasteiger partial charge in [-0.1, -0.05) is 30.3 Å².